The number of methoxy groups -OCH3 is 1. The van der Waals surface area contributed by atoms with E-state index in [1.165, 1.54) is 6.21 Å². The second kappa shape index (κ2) is 9.62. The monoisotopic (exact) mass is 370 g/mol. The third-order valence-electron chi connectivity index (χ3n) is 4.15. The second-order valence-electron chi connectivity index (χ2n) is 5.96. The Balaban J connectivity index is 1.99. The summed E-state index contributed by atoms with van der Waals surface area (Å²) in [7, 11) is 1.58. The van der Waals surface area contributed by atoms with Crippen LogP contribution in [0.25, 0.3) is 0 Å². The van der Waals surface area contributed by atoms with Gasteiger partial charge in [-0.3, -0.25) is 4.79 Å². The molecule has 0 amide bonds. The van der Waals surface area contributed by atoms with Gasteiger partial charge in [0.2, 0.25) is 5.78 Å². The molecule has 0 bridgehead atoms. The van der Waals surface area contributed by atoms with E-state index in [0.29, 0.717) is 30.2 Å². The predicted octanol–water partition coefficient (Wildman–Crippen LogP) is 3.93. The van der Waals surface area contributed by atoms with Gasteiger partial charge in [-0.2, -0.15) is 0 Å². The van der Waals surface area contributed by atoms with Gasteiger partial charge in [0.05, 0.1) is 19.9 Å². The zero-order valence-corrected chi connectivity index (χ0v) is 16.3. The van der Waals surface area contributed by atoms with Gasteiger partial charge in [0.25, 0.3) is 0 Å². The van der Waals surface area contributed by atoms with E-state index in [9.17, 15) is 4.79 Å². The van der Waals surface area contributed by atoms with E-state index < -0.39 is 0 Å². The van der Waals surface area contributed by atoms with Crippen LogP contribution in [0.15, 0.2) is 42.1 Å². The Morgan fingerprint density at radius 1 is 1.26 bits per heavy atom. The molecule has 1 heterocycles. The fourth-order valence-corrected chi connectivity index (χ4v) is 2.80. The number of carbonyl (C=O) groups is 1. The zero-order chi connectivity index (χ0) is 19.8. The summed E-state index contributed by atoms with van der Waals surface area (Å²) in [6, 6.07) is 7.31. The van der Waals surface area contributed by atoms with Gasteiger partial charge >= 0.3 is 0 Å². The summed E-state index contributed by atoms with van der Waals surface area (Å²) in [6.07, 6.45) is 3.34. The highest BCUT2D eigenvalue weighted by Gasteiger charge is 2.15. The normalized spacial score (nSPS) is 10.8. The summed E-state index contributed by atoms with van der Waals surface area (Å²) in [5, 5.41) is 3.89. The molecule has 27 heavy (non-hydrogen) atoms. The molecule has 1 aromatic carbocycles. The lowest BCUT2D eigenvalue weighted by molar-refractivity contribution is 0.0778. The first-order valence-electron chi connectivity index (χ1n) is 8.78. The number of ketones is 1. The van der Waals surface area contributed by atoms with Crippen molar-refractivity contribution in [1.82, 2.24) is 4.57 Å². The molecule has 0 saturated carbocycles. The molecule has 2 rings (SSSR count). The SMILES string of the molecule is C=CCn1c(C)cc(C(=O)CO/N=C/c2ccc(OCC)c(OC)c2)c1C. The standard InChI is InChI=1S/C21H26N2O4/c1-6-10-23-15(3)11-18(16(23)4)19(24)14-27-22-13-17-8-9-20(26-7-2)21(12-17)25-5/h6,8-9,11-13H,1,7,10,14H2,2-5H3/b22-13+. The summed E-state index contributed by atoms with van der Waals surface area (Å²) in [5.74, 6) is 1.18. The van der Waals surface area contributed by atoms with Crippen LogP contribution in [0.1, 0.15) is 34.2 Å². The van der Waals surface area contributed by atoms with Crippen LogP contribution in [0.3, 0.4) is 0 Å². The van der Waals surface area contributed by atoms with Gasteiger partial charge in [-0.25, -0.2) is 0 Å². The first kappa shape index (κ1) is 20.3. The number of aromatic nitrogens is 1. The van der Waals surface area contributed by atoms with E-state index >= 15 is 0 Å². The van der Waals surface area contributed by atoms with Crippen molar-refractivity contribution < 1.29 is 19.1 Å². The highest BCUT2D eigenvalue weighted by molar-refractivity contribution is 5.98. The van der Waals surface area contributed by atoms with Crippen LogP contribution < -0.4 is 9.47 Å². The van der Waals surface area contributed by atoms with Crippen molar-refractivity contribution in [3.8, 4) is 11.5 Å². The van der Waals surface area contributed by atoms with E-state index in [4.69, 9.17) is 14.3 Å². The van der Waals surface area contributed by atoms with E-state index in [2.05, 4.69) is 11.7 Å². The van der Waals surface area contributed by atoms with Gasteiger partial charge in [0.15, 0.2) is 18.1 Å². The van der Waals surface area contributed by atoms with Crippen molar-refractivity contribution >= 4 is 12.0 Å². The fourth-order valence-electron chi connectivity index (χ4n) is 2.80. The third kappa shape index (κ3) is 5.00. The van der Waals surface area contributed by atoms with Crippen LogP contribution in [0, 0.1) is 13.8 Å². The van der Waals surface area contributed by atoms with Crippen LogP contribution in [0.2, 0.25) is 0 Å². The van der Waals surface area contributed by atoms with Crippen molar-refractivity contribution in [3.63, 3.8) is 0 Å². The number of ether oxygens (including phenoxy) is 2. The zero-order valence-electron chi connectivity index (χ0n) is 16.3. The van der Waals surface area contributed by atoms with Crippen molar-refractivity contribution in [2.24, 2.45) is 5.16 Å². The van der Waals surface area contributed by atoms with Crippen molar-refractivity contribution in [2.75, 3.05) is 20.3 Å². The lowest BCUT2D eigenvalue weighted by Gasteiger charge is -2.09. The molecule has 0 aliphatic rings. The molecule has 0 aliphatic heterocycles. The molecule has 0 spiro atoms. The van der Waals surface area contributed by atoms with E-state index in [-0.39, 0.29) is 12.4 Å². The molecule has 2 aromatic rings. The van der Waals surface area contributed by atoms with E-state index in [1.54, 1.807) is 19.3 Å². The Kier molecular flexibility index (Phi) is 7.23. The third-order valence-corrected chi connectivity index (χ3v) is 4.15. The van der Waals surface area contributed by atoms with Gasteiger partial charge in [0, 0.05) is 29.1 Å². The van der Waals surface area contributed by atoms with Crippen LogP contribution in [0.5, 0.6) is 11.5 Å². The van der Waals surface area contributed by atoms with Gasteiger partial charge in [-0.15, -0.1) is 6.58 Å². The van der Waals surface area contributed by atoms with Crippen molar-refractivity contribution in [1.29, 1.82) is 0 Å². The number of benzene rings is 1. The number of allylic oxidation sites excluding steroid dienone is 1. The molecule has 0 N–H and O–H groups in total. The maximum Gasteiger partial charge on any atom is 0.204 e. The van der Waals surface area contributed by atoms with Crippen LogP contribution >= 0.6 is 0 Å². The summed E-state index contributed by atoms with van der Waals surface area (Å²) in [5.41, 5.74) is 3.35. The smallest absolute Gasteiger partial charge is 0.204 e. The lowest BCUT2D eigenvalue weighted by atomic mass is 10.2. The molecule has 0 unspecified atom stereocenters. The average molecular weight is 370 g/mol. The molecule has 6 heteroatoms. The number of nitrogens with zero attached hydrogens (tertiary/aromatic N) is 2. The molecular weight excluding hydrogens is 344 g/mol. The minimum Gasteiger partial charge on any atom is -0.493 e. The molecular formula is C21H26N2O4. The molecule has 0 atom stereocenters. The molecule has 144 valence electrons. The summed E-state index contributed by atoms with van der Waals surface area (Å²) in [4.78, 5) is 17.6. The number of carbonyl (C=O) groups excluding carboxylic acids is 1. The number of hydrogen-bond acceptors (Lipinski definition) is 5. The maximum absolute atomic E-state index is 12.4. The maximum atomic E-state index is 12.4. The second-order valence-corrected chi connectivity index (χ2v) is 5.96. The number of oxime groups is 1. The minimum atomic E-state index is -0.122. The Labute approximate surface area is 160 Å². The number of Topliss-reactive ketones (excluding diaryl/α,β-unsaturated/α-hetero) is 1. The van der Waals surface area contributed by atoms with Gasteiger partial charge in [-0.05, 0) is 45.0 Å². The molecule has 0 fully saturated rings. The van der Waals surface area contributed by atoms with E-state index in [0.717, 1.165) is 17.0 Å². The Bertz CT molecular complexity index is 837. The quantitative estimate of drug-likeness (QED) is 0.275. The lowest BCUT2D eigenvalue weighted by Crippen LogP contribution is -2.09. The Hall–Kier alpha value is -3.02. The van der Waals surface area contributed by atoms with Gasteiger partial charge in [0.1, 0.15) is 0 Å². The largest absolute Gasteiger partial charge is 0.493 e. The average Bonchev–Trinajstić information content (AvgIpc) is 2.95. The first-order valence-corrected chi connectivity index (χ1v) is 8.78. The van der Waals surface area contributed by atoms with Crippen LogP contribution in [0.4, 0.5) is 0 Å². The van der Waals surface area contributed by atoms with E-state index in [1.807, 2.05) is 43.5 Å². The van der Waals surface area contributed by atoms with Crippen LogP contribution in [-0.4, -0.2) is 36.9 Å². The predicted molar refractivity (Wildman–Crippen MR) is 106 cm³/mol. The highest BCUT2D eigenvalue weighted by atomic mass is 16.6. The molecule has 6 nitrogen and oxygen atoms in total. The first-order chi connectivity index (χ1) is 13.0. The number of aryl methyl sites for hydroxylation is 1. The van der Waals surface area contributed by atoms with Gasteiger partial charge in [-0.1, -0.05) is 11.2 Å². The van der Waals surface area contributed by atoms with Gasteiger partial charge < -0.3 is 18.9 Å². The topological polar surface area (TPSA) is 62.1 Å². The number of rotatable bonds is 10. The molecule has 0 aliphatic carbocycles. The van der Waals surface area contributed by atoms with Crippen molar-refractivity contribution in [3.05, 3.63) is 59.4 Å². The molecule has 0 radical (unpaired) electrons. The van der Waals surface area contributed by atoms with Crippen molar-refractivity contribution in [2.45, 2.75) is 27.3 Å². The Morgan fingerprint density at radius 2 is 2.04 bits per heavy atom. The fraction of sp³-hybridized carbons (Fsp3) is 0.333. The Morgan fingerprint density at radius 3 is 2.70 bits per heavy atom. The molecule has 1 aromatic heterocycles. The minimum absolute atomic E-state index is 0.111. The molecule has 0 saturated heterocycles. The number of hydrogen-bond donors (Lipinski definition) is 0. The summed E-state index contributed by atoms with van der Waals surface area (Å²) >= 11 is 0. The summed E-state index contributed by atoms with van der Waals surface area (Å²) < 4.78 is 12.8. The summed E-state index contributed by atoms with van der Waals surface area (Å²) in [6.45, 7) is 10.6. The van der Waals surface area contributed by atoms with Crippen LogP contribution in [-0.2, 0) is 11.4 Å². The highest BCUT2D eigenvalue weighted by Crippen LogP contribution is 2.27.